The van der Waals surface area contributed by atoms with Crippen molar-refractivity contribution in [1.29, 1.82) is 0 Å². The fraction of sp³-hybridized carbons (Fsp3) is 0.316. The summed E-state index contributed by atoms with van der Waals surface area (Å²) in [6, 6.07) is 9.55. The highest BCUT2D eigenvalue weighted by molar-refractivity contribution is 7.99. The quantitative estimate of drug-likeness (QED) is 0.397. The summed E-state index contributed by atoms with van der Waals surface area (Å²) in [4.78, 5) is 31.1. The molecule has 1 atom stereocenters. The number of thioether (sulfide) groups is 1. The van der Waals surface area contributed by atoms with Gasteiger partial charge in [-0.1, -0.05) is 36.9 Å². The normalized spacial score (nSPS) is 16.8. The molecule has 25 heavy (non-hydrogen) atoms. The van der Waals surface area contributed by atoms with Gasteiger partial charge in [-0.25, -0.2) is 4.98 Å². The lowest BCUT2D eigenvalue weighted by Crippen LogP contribution is -2.22. The molecule has 0 spiro atoms. The first-order valence-corrected chi connectivity index (χ1v) is 10.2. The minimum absolute atomic E-state index is 0.0170. The van der Waals surface area contributed by atoms with Crippen molar-refractivity contribution in [2.45, 2.75) is 31.3 Å². The molecular formula is C19H18N2O2S2. The van der Waals surface area contributed by atoms with E-state index in [-0.39, 0.29) is 11.3 Å². The molecule has 0 amide bonds. The van der Waals surface area contributed by atoms with E-state index in [1.165, 1.54) is 22.2 Å². The van der Waals surface area contributed by atoms with Gasteiger partial charge >= 0.3 is 0 Å². The summed E-state index contributed by atoms with van der Waals surface area (Å²) < 4.78 is 1.65. The fourth-order valence-corrected chi connectivity index (χ4v) is 5.50. The van der Waals surface area contributed by atoms with Crippen molar-refractivity contribution in [3.05, 3.63) is 51.1 Å². The number of hydrogen-bond acceptors (Lipinski definition) is 5. The maximum absolute atomic E-state index is 13.4. The molecule has 1 unspecified atom stereocenters. The second-order valence-electron chi connectivity index (χ2n) is 6.38. The number of rotatable bonds is 4. The van der Waals surface area contributed by atoms with Crippen molar-refractivity contribution >= 4 is 39.6 Å². The molecule has 0 bridgehead atoms. The number of aromatic nitrogens is 2. The van der Waals surface area contributed by atoms with E-state index < -0.39 is 0 Å². The second-order valence-corrected chi connectivity index (χ2v) is 8.45. The monoisotopic (exact) mass is 370 g/mol. The zero-order chi connectivity index (χ0) is 17.4. The number of thiophene rings is 1. The highest BCUT2D eigenvalue weighted by Crippen LogP contribution is 2.36. The lowest BCUT2D eigenvalue weighted by Gasteiger charge is -2.17. The number of para-hydroxylation sites is 1. The van der Waals surface area contributed by atoms with Gasteiger partial charge in [0, 0.05) is 4.88 Å². The summed E-state index contributed by atoms with van der Waals surface area (Å²) >= 11 is 2.95. The molecule has 2 aromatic heterocycles. The number of aldehydes is 1. The SMILES string of the molecule is CC1CCc2c(sc3nc(SCC=O)n(-c4ccccc4)c(=O)c23)C1. The van der Waals surface area contributed by atoms with Gasteiger partial charge < -0.3 is 4.79 Å². The molecule has 0 fully saturated rings. The molecule has 6 heteroatoms. The van der Waals surface area contributed by atoms with Gasteiger partial charge in [-0.05, 0) is 42.9 Å². The highest BCUT2D eigenvalue weighted by Gasteiger charge is 2.25. The van der Waals surface area contributed by atoms with Crippen LogP contribution in [0.4, 0.5) is 0 Å². The van der Waals surface area contributed by atoms with Gasteiger partial charge in [0.25, 0.3) is 5.56 Å². The number of carbonyl (C=O) groups excluding carboxylic acids is 1. The molecule has 128 valence electrons. The molecule has 0 aliphatic heterocycles. The Morgan fingerprint density at radius 3 is 2.92 bits per heavy atom. The Morgan fingerprint density at radius 1 is 1.36 bits per heavy atom. The standard InChI is InChI=1S/C19H18N2O2S2/c1-12-7-8-14-15(11-12)25-17-16(14)18(23)21(13-5-3-2-4-6-13)19(20-17)24-10-9-22/h2-6,9,12H,7-8,10-11H2,1H3. The highest BCUT2D eigenvalue weighted by atomic mass is 32.2. The van der Waals surface area contributed by atoms with Crippen LogP contribution in [0.25, 0.3) is 15.9 Å². The summed E-state index contributed by atoms with van der Waals surface area (Å²) in [6.07, 6.45) is 3.93. The van der Waals surface area contributed by atoms with Gasteiger partial charge in [0.1, 0.15) is 11.1 Å². The average Bonchev–Trinajstić information content (AvgIpc) is 2.98. The number of carbonyl (C=O) groups is 1. The summed E-state index contributed by atoms with van der Waals surface area (Å²) in [5, 5.41) is 1.36. The third-order valence-electron chi connectivity index (χ3n) is 4.59. The van der Waals surface area contributed by atoms with E-state index in [4.69, 9.17) is 4.98 Å². The van der Waals surface area contributed by atoms with Crippen molar-refractivity contribution in [2.75, 3.05) is 5.75 Å². The van der Waals surface area contributed by atoms with Crippen LogP contribution in [-0.4, -0.2) is 21.6 Å². The fourth-order valence-electron chi connectivity index (χ4n) is 3.38. The molecule has 1 aromatic carbocycles. The molecule has 0 saturated heterocycles. The molecule has 4 nitrogen and oxygen atoms in total. The van der Waals surface area contributed by atoms with Crippen LogP contribution in [0.1, 0.15) is 23.8 Å². The first kappa shape index (κ1) is 16.5. The van der Waals surface area contributed by atoms with E-state index in [0.717, 1.165) is 41.5 Å². The average molecular weight is 370 g/mol. The van der Waals surface area contributed by atoms with Crippen LogP contribution in [0.3, 0.4) is 0 Å². The summed E-state index contributed by atoms with van der Waals surface area (Å²) in [5.41, 5.74) is 1.96. The minimum Gasteiger partial charge on any atom is -0.302 e. The molecule has 0 N–H and O–H groups in total. The van der Waals surface area contributed by atoms with Crippen LogP contribution in [0.2, 0.25) is 0 Å². The van der Waals surface area contributed by atoms with E-state index >= 15 is 0 Å². The third-order valence-corrected chi connectivity index (χ3v) is 6.58. The summed E-state index contributed by atoms with van der Waals surface area (Å²) in [5.74, 6) is 0.938. The summed E-state index contributed by atoms with van der Waals surface area (Å²) in [7, 11) is 0. The van der Waals surface area contributed by atoms with Gasteiger partial charge in [0.05, 0.1) is 16.8 Å². The minimum atomic E-state index is -0.0170. The Kier molecular flexibility index (Phi) is 4.48. The van der Waals surface area contributed by atoms with Crippen molar-refractivity contribution < 1.29 is 4.79 Å². The predicted molar refractivity (Wildman–Crippen MR) is 103 cm³/mol. The van der Waals surface area contributed by atoms with Crippen LogP contribution in [0, 0.1) is 5.92 Å². The molecule has 3 aromatic rings. The first-order valence-electron chi connectivity index (χ1n) is 8.38. The smallest absolute Gasteiger partial charge is 0.267 e. The van der Waals surface area contributed by atoms with Gasteiger partial charge in [0.15, 0.2) is 5.16 Å². The van der Waals surface area contributed by atoms with E-state index in [2.05, 4.69) is 6.92 Å². The summed E-state index contributed by atoms with van der Waals surface area (Å²) in [6.45, 7) is 2.26. The lowest BCUT2D eigenvalue weighted by molar-refractivity contribution is -0.105. The Bertz CT molecular complexity index is 992. The number of fused-ring (bicyclic) bond motifs is 3. The van der Waals surface area contributed by atoms with Crippen molar-refractivity contribution in [1.82, 2.24) is 9.55 Å². The van der Waals surface area contributed by atoms with E-state index in [1.807, 2.05) is 30.3 Å². The van der Waals surface area contributed by atoms with Gasteiger partial charge in [0.2, 0.25) is 0 Å². The maximum atomic E-state index is 13.4. The molecular weight excluding hydrogens is 352 g/mol. The van der Waals surface area contributed by atoms with Crippen LogP contribution < -0.4 is 5.56 Å². The Labute approximate surface area is 153 Å². The molecule has 0 radical (unpaired) electrons. The van der Waals surface area contributed by atoms with Crippen LogP contribution in [-0.2, 0) is 17.6 Å². The molecule has 2 heterocycles. The van der Waals surface area contributed by atoms with Crippen molar-refractivity contribution in [3.8, 4) is 5.69 Å². The first-order chi connectivity index (χ1) is 12.2. The Balaban J connectivity index is 1.99. The van der Waals surface area contributed by atoms with Gasteiger partial charge in [-0.15, -0.1) is 11.3 Å². The maximum Gasteiger partial charge on any atom is 0.267 e. The van der Waals surface area contributed by atoms with Gasteiger partial charge in [-0.3, -0.25) is 9.36 Å². The molecule has 1 aliphatic rings. The van der Waals surface area contributed by atoms with E-state index in [9.17, 15) is 9.59 Å². The van der Waals surface area contributed by atoms with Crippen molar-refractivity contribution in [3.63, 3.8) is 0 Å². The van der Waals surface area contributed by atoms with Crippen molar-refractivity contribution in [2.24, 2.45) is 5.92 Å². The largest absolute Gasteiger partial charge is 0.302 e. The van der Waals surface area contributed by atoms with Crippen LogP contribution >= 0.6 is 23.1 Å². The predicted octanol–water partition coefficient (Wildman–Crippen LogP) is 3.86. The van der Waals surface area contributed by atoms with Crippen LogP contribution in [0.15, 0.2) is 40.3 Å². The zero-order valence-corrected chi connectivity index (χ0v) is 15.5. The lowest BCUT2D eigenvalue weighted by atomic mass is 9.89. The topological polar surface area (TPSA) is 52.0 Å². The van der Waals surface area contributed by atoms with Gasteiger partial charge in [-0.2, -0.15) is 0 Å². The number of hydrogen-bond donors (Lipinski definition) is 0. The molecule has 0 saturated carbocycles. The number of benzene rings is 1. The zero-order valence-electron chi connectivity index (χ0n) is 13.9. The Hall–Kier alpha value is -1.92. The number of aryl methyl sites for hydroxylation is 1. The Morgan fingerprint density at radius 2 is 2.16 bits per heavy atom. The molecule has 1 aliphatic carbocycles. The molecule has 4 rings (SSSR count). The van der Waals surface area contributed by atoms with E-state index in [0.29, 0.717) is 11.1 Å². The number of nitrogens with zero attached hydrogens (tertiary/aromatic N) is 2. The van der Waals surface area contributed by atoms with Crippen LogP contribution in [0.5, 0.6) is 0 Å². The third kappa shape index (κ3) is 2.93. The second kappa shape index (κ2) is 6.77. The van der Waals surface area contributed by atoms with E-state index in [1.54, 1.807) is 15.9 Å².